The number of esters is 1. The summed E-state index contributed by atoms with van der Waals surface area (Å²) >= 11 is 0. The minimum Gasteiger partial charge on any atom is -0.454 e. The molecule has 1 aliphatic rings. The molecule has 1 saturated heterocycles. The maximum Gasteiger partial charge on any atom is 0.306 e. The number of amides is 1. The second kappa shape index (κ2) is 51.3. The highest BCUT2D eigenvalue weighted by atomic mass is 16.7. The first kappa shape index (κ1) is 69.6. The molecular weight excluding hydrogens is 943 g/mol. The highest BCUT2D eigenvalue weighted by Gasteiger charge is 2.47. The monoisotopic (exact) mass is 1050 g/mol. The van der Waals surface area contributed by atoms with Crippen molar-refractivity contribution < 1.29 is 49.3 Å². The Morgan fingerprint density at radius 1 is 0.547 bits per heavy atom. The topological polar surface area (TPSA) is 175 Å². The zero-order valence-electron chi connectivity index (χ0n) is 47.4. The summed E-state index contributed by atoms with van der Waals surface area (Å²) in [6.07, 6.45) is 57.3. The molecule has 11 nitrogen and oxygen atoms in total. The van der Waals surface area contributed by atoms with Crippen molar-refractivity contribution in [3.05, 3.63) is 97.2 Å². The molecule has 1 amide bonds. The minimum absolute atomic E-state index is 0.0918. The predicted octanol–water partition coefficient (Wildman–Crippen LogP) is 13.9. The molecule has 1 heterocycles. The summed E-state index contributed by atoms with van der Waals surface area (Å²) < 4.78 is 17.6. The summed E-state index contributed by atoms with van der Waals surface area (Å²) in [5.74, 6) is -1.23. The molecule has 8 atom stereocenters. The van der Waals surface area contributed by atoms with E-state index in [2.05, 4.69) is 74.7 Å². The van der Waals surface area contributed by atoms with E-state index in [-0.39, 0.29) is 19.4 Å². The van der Waals surface area contributed by atoms with Gasteiger partial charge in [0.15, 0.2) is 12.4 Å². The Labute approximate surface area is 456 Å². The van der Waals surface area contributed by atoms with Crippen LogP contribution in [0.2, 0.25) is 0 Å². The molecule has 6 N–H and O–H groups in total. The van der Waals surface area contributed by atoms with Gasteiger partial charge in [-0.1, -0.05) is 240 Å². The standard InChI is InChI=1S/C64H109NO10/c1-4-7-10-13-16-19-22-24-26-27-28-29-30-32-33-36-39-42-45-48-51-57(68)63(72)65-55(56(67)50-47-44-41-38-35-21-18-15-12-9-6-3)54-73-64-62(61(71)60(70)58(53-66)74-64)75-59(69)52-49-46-43-40-37-34-31-25-23-20-17-14-11-8-5-2/h8,11,14,16-17,19-20,23-26,28-29,31,47,50,55-58,60-62,64,66-68,70-71H,4-7,9-10,12-13,15,18,21-22,27,30,32-46,48-49,51-54H2,1-3H3,(H,65,72)/b11-8+,17-14+,19-16-,23-20+,26-24-,29-28-,31-25-,50-47+. The number of carbonyl (C=O) groups excluding carboxylic acids is 2. The van der Waals surface area contributed by atoms with Gasteiger partial charge in [-0.15, -0.1) is 0 Å². The fourth-order valence-electron chi connectivity index (χ4n) is 8.78. The average Bonchev–Trinajstić information content (AvgIpc) is 3.41. The Kier molecular flexibility index (Phi) is 47.6. The van der Waals surface area contributed by atoms with Crippen LogP contribution >= 0.6 is 0 Å². The third-order valence-electron chi connectivity index (χ3n) is 13.6. The van der Waals surface area contributed by atoms with E-state index in [1.165, 1.54) is 77.0 Å². The van der Waals surface area contributed by atoms with Gasteiger partial charge in [0.2, 0.25) is 5.91 Å². The van der Waals surface area contributed by atoms with E-state index in [1.54, 1.807) is 6.08 Å². The van der Waals surface area contributed by atoms with Crippen molar-refractivity contribution in [2.75, 3.05) is 13.2 Å². The lowest BCUT2D eigenvalue weighted by atomic mass is 9.99. The van der Waals surface area contributed by atoms with E-state index in [1.807, 2.05) is 42.5 Å². The van der Waals surface area contributed by atoms with E-state index >= 15 is 0 Å². The molecule has 0 radical (unpaired) electrons. The molecule has 0 spiro atoms. The fourth-order valence-corrected chi connectivity index (χ4v) is 8.78. The second-order valence-corrected chi connectivity index (χ2v) is 20.4. The number of ether oxygens (including phenoxy) is 3. The normalized spacial score (nSPS) is 19.9. The van der Waals surface area contributed by atoms with Crippen LogP contribution in [0.5, 0.6) is 0 Å². The first-order chi connectivity index (χ1) is 36.7. The molecule has 8 unspecified atom stereocenters. The van der Waals surface area contributed by atoms with E-state index in [0.29, 0.717) is 12.8 Å². The third-order valence-corrected chi connectivity index (χ3v) is 13.6. The molecule has 0 bridgehead atoms. The molecule has 0 aromatic carbocycles. The van der Waals surface area contributed by atoms with Crippen LogP contribution in [0.25, 0.3) is 0 Å². The zero-order valence-corrected chi connectivity index (χ0v) is 47.4. The van der Waals surface area contributed by atoms with Crippen molar-refractivity contribution in [3.63, 3.8) is 0 Å². The Hall–Kier alpha value is -3.42. The largest absolute Gasteiger partial charge is 0.454 e. The number of carbonyl (C=O) groups is 2. The van der Waals surface area contributed by atoms with Crippen LogP contribution in [0.4, 0.5) is 0 Å². The molecule has 1 rings (SSSR count). The van der Waals surface area contributed by atoms with Crippen LogP contribution in [0, 0.1) is 0 Å². The molecule has 0 aliphatic carbocycles. The maximum absolute atomic E-state index is 13.4. The van der Waals surface area contributed by atoms with Crippen molar-refractivity contribution in [1.29, 1.82) is 0 Å². The molecule has 1 aliphatic heterocycles. The molecule has 75 heavy (non-hydrogen) atoms. The number of hydrogen-bond acceptors (Lipinski definition) is 10. The van der Waals surface area contributed by atoms with E-state index in [0.717, 1.165) is 109 Å². The summed E-state index contributed by atoms with van der Waals surface area (Å²) in [6, 6.07) is -1.04. The van der Waals surface area contributed by atoms with Gasteiger partial charge in [-0.2, -0.15) is 0 Å². The number of unbranched alkanes of at least 4 members (excludes halogenated alkanes) is 24. The quantitative estimate of drug-likeness (QED) is 0.0149. The van der Waals surface area contributed by atoms with E-state index in [4.69, 9.17) is 14.2 Å². The Bertz CT molecular complexity index is 1580. The average molecular weight is 1050 g/mol. The van der Waals surface area contributed by atoms with Crippen LogP contribution in [0.15, 0.2) is 97.2 Å². The van der Waals surface area contributed by atoms with E-state index in [9.17, 15) is 35.1 Å². The van der Waals surface area contributed by atoms with Crippen molar-refractivity contribution in [1.82, 2.24) is 5.32 Å². The summed E-state index contributed by atoms with van der Waals surface area (Å²) in [5, 5.41) is 56.9. The second-order valence-electron chi connectivity index (χ2n) is 20.4. The first-order valence-corrected chi connectivity index (χ1v) is 30.1. The summed E-state index contributed by atoms with van der Waals surface area (Å²) in [7, 11) is 0. The van der Waals surface area contributed by atoms with Crippen molar-refractivity contribution >= 4 is 11.9 Å². The predicted molar refractivity (Wildman–Crippen MR) is 310 cm³/mol. The lowest BCUT2D eigenvalue weighted by Gasteiger charge is -2.41. The summed E-state index contributed by atoms with van der Waals surface area (Å²) in [5.41, 5.74) is 0. The lowest BCUT2D eigenvalue weighted by Crippen LogP contribution is -2.61. The highest BCUT2D eigenvalue weighted by molar-refractivity contribution is 5.80. The van der Waals surface area contributed by atoms with Crippen molar-refractivity contribution in [3.8, 4) is 0 Å². The molecule has 0 aromatic heterocycles. The van der Waals surface area contributed by atoms with Crippen LogP contribution in [-0.2, 0) is 23.8 Å². The van der Waals surface area contributed by atoms with Gasteiger partial charge < -0.3 is 45.1 Å². The van der Waals surface area contributed by atoms with Crippen molar-refractivity contribution in [2.24, 2.45) is 0 Å². The lowest BCUT2D eigenvalue weighted by molar-refractivity contribution is -0.305. The van der Waals surface area contributed by atoms with Gasteiger partial charge in [-0.25, -0.2) is 0 Å². The van der Waals surface area contributed by atoms with Crippen LogP contribution in [0.3, 0.4) is 0 Å². The van der Waals surface area contributed by atoms with Gasteiger partial charge in [0.25, 0.3) is 0 Å². The Balaban J connectivity index is 2.70. The smallest absolute Gasteiger partial charge is 0.306 e. The number of rotatable bonds is 49. The number of aliphatic hydroxyl groups excluding tert-OH is 5. The van der Waals surface area contributed by atoms with Gasteiger partial charge in [0.05, 0.1) is 25.4 Å². The number of aliphatic hydroxyl groups is 5. The number of allylic oxidation sites excluding steroid dienone is 15. The third kappa shape index (κ3) is 39.6. The number of hydrogen-bond donors (Lipinski definition) is 6. The molecule has 11 heteroatoms. The minimum atomic E-state index is -1.63. The highest BCUT2D eigenvalue weighted by Crippen LogP contribution is 2.26. The zero-order chi connectivity index (χ0) is 54.7. The Morgan fingerprint density at radius 2 is 1.01 bits per heavy atom. The van der Waals surface area contributed by atoms with Gasteiger partial charge in [-0.05, 0) is 83.5 Å². The van der Waals surface area contributed by atoms with Gasteiger partial charge in [0.1, 0.15) is 24.4 Å². The van der Waals surface area contributed by atoms with E-state index < -0.39 is 67.4 Å². The molecule has 1 fully saturated rings. The fraction of sp³-hybridized carbons (Fsp3) is 0.719. The van der Waals surface area contributed by atoms with Crippen LogP contribution in [-0.4, -0.2) is 99.6 Å². The van der Waals surface area contributed by atoms with Crippen molar-refractivity contribution in [2.45, 2.75) is 282 Å². The first-order valence-electron chi connectivity index (χ1n) is 30.1. The van der Waals surface area contributed by atoms with Gasteiger partial charge >= 0.3 is 5.97 Å². The molecular formula is C64H109NO10. The van der Waals surface area contributed by atoms with Gasteiger partial charge in [0, 0.05) is 6.42 Å². The number of nitrogens with one attached hydrogen (secondary N) is 1. The molecule has 0 aromatic rings. The Morgan fingerprint density at radius 3 is 1.59 bits per heavy atom. The summed E-state index contributed by atoms with van der Waals surface area (Å²) in [4.78, 5) is 26.5. The SMILES string of the molecule is CC/C=C/C=C/C=C/C=C\CCCCCCCC(=O)OC1C(OCC(NC(=O)C(O)CCCCCCCCC/C=C\C/C=C\C/C=C\CCCCC)C(O)/C=C/CCCCCCCCCCC)OC(CO)C(O)C1O. The van der Waals surface area contributed by atoms with Crippen LogP contribution in [0.1, 0.15) is 233 Å². The maximum atomic E-state index is 13.4. The van der Waals surface area contributed by atoms with Crippen LogP contribution < -0.4 is 5.32 Å². The summed E-state index contributed by atoms with van der Waals surface area (Å²) in [6.45, 7) is 5.58. The molecule has 430 valence electrons. The van der Waals surface area contributed by atoms with Gasteiger partial charge in [-0.3, -0.25) is 9.59 Å². The molecule has 0 saturated carbocycles.